The lowest BCUT2D eigenvalue weighted by Crippen LogP contribution is -2.60. The van der Waals surface area contributed by atoms with Crippen LogP contribution in [-0.4, -0.2) is 64.1 Å². The number of ketones is 1. The average molecular weight is 543 g/mol. The predicted octanol–water partition coefficient (Wildman–Crippen LogP) is 4.89. The molecule has 9 heteroatoms. The SMILES string of the molecule is CC[C@@H](C)C(=O)N[C@H](C(=O)N1C[C@H]2CCCN2C[C@H]1c1nc(C(=O)c2cccs2)cs1)C1CCCCC1. The van der Waals surface area contributed by atoms with Gasteiger partial charge in [-0.1, -0.05) is 39.2 Å². The monoisotopic (exact) mass is 542 g/mol. The van der Waals surface area contributed by atoms with Gasteiger partial charge in [0.15, 0.2) is 0 Å². The van der Waals surface area contributed by atoms with Crippen LogP contribution in [0.2, 0.25) is 0 Å². The largest absolute Gasteiger partial charge is 0.344 e. The highest BCUT2D eigenvalue weighted by Crippen LogP contribution is 2.36. The second-order valence-electron chi connectivity index (χ2n) is 10.9. The van der Waals surface area contributed by atoms with Crippen molar-refractivity contribution in [1.82, 2.24) is 20.1 Å². The number of nitrogens with zero attached hydrogens (tertiary/aromatic N) is 3. The number of nitrogens with one attached hydrogen (secondary N) is 1. The molecule has 2 aliphatic heterocycles. The van der Waals surface area contributed by atoms with E-state index in [1.807, 2.05) is 41.6 Å². The van der Waals surface area contributed by atoms with Crippen molar-refractivity contribution in [2.75, 3.05) is 19.6 Å². The molecule has 2 saturated heterocycles. The minimum Gasteiger partial charge on any atom is -0.344 e. The van der Waals surface area contributed by atoms with E-state index in [9.17, 15) is 14.4 Å². The molecule has 0 spiro atoms. The summed E-state index contributed by atoms with van der Waals surface area (Å²) in [6.45, 7) is 6.35. The van der Waals surface area contributed by atoms with Crippen LogP contribution in [0.4, 0.5) is 0 Å². The first kappa shape index (κ1) is 26.5. The zero-order chi connectivity index (χ0) is 25.9. The molecular formula is C28H38N4O3S2. The van der Waals surface area contributed by atoms with Gasteiger partial charge in [0.25, 0.3) is 0 Å². The number of fused-ring (bicyclic) bond motifs is 1. The number of thiophene rings is 1. The molecule has 3 aliphatic rings. The number of carbonyl (C=O) groups excluding carboxylic acids is 3. The molecular weight excluding hydrogens is 504 g/mol. The molecule has 1 N–H and O–H groups in total. The summed E-state index contributed by atoms with van der Waals surface area (Å²) in [4.78, 5) is 50.2. The van der Waals surface area contributed by atoms with E-state index in [-0.39, 0.29) is 35.5 Å². The fourth-order valence-electron chi connectivity index (χ4n) is 6.06. The number of carbonyl (C=O) groups is 3. The molecule has 3 fully saturated rings. The zero-order valence-corrected chi connectivity index (χ0v) is 23.5. The van der Waals surface area contributed by atoms with Crippen molar-refractivity contribution >= 4 is 40.3 Å². The number of hydrogen-bond acceptors (Lipinski definition) is 7. The molecule has 4 atom stereocenters. The predicted molar refractivity (Wildman–Crippen MR) is 147 cm³/mol. The minimum atomic E-state index is -0.496. The lowest BCUT2D eigenvalue weighted by Gasteiger charge is -2.45. The van der Waals surface area contributed by atoms with E-state index >= 15 is 0 Å². The Kier molecular flexibility index (Phi) is 8.41. The van der Waals surface area contributed by atoms with E-state index in [0.29, 0.717) is 23.2 Å². The van der Waals surface area contributed by atoms with E-state index < -0.39 is 6.04 Å². The average Bonchev–Trinajstić information content (AvgIpc) is 3.72. The molecule has 7 nitrogen and oxygen atoms in total. The summed E-state index contributed by atoms with van der Waals surface area (Å²) < 4.78 is 0. The van der Waals surface area contributed by atoms with Gasteiger partial charge in [0.1, 0.15) is 16.7 Å². The van der Waals surface area contributed by atoms with Crippen molar-refractivity contribution in [3.8, 4) is 0 Å². The summed E-state index contributed by atoms with van der Waals surface area (Å²) in [7, 11) is 0. The Labute approximate surface area is 227 Å². The first-order valence-electron chi connectivity index (χ1n) is 13.8. The lowest BCUT2D eigenvalue weighted by atomic mass is 9.82. The highest BCUT2D eigenvalue weighted by atomic mass is 32.1. The molecule has 0 bridgehead atoms. The van der Waals surface area contributed by atoms with E-state index in [1.165, 1.54) is 29.1 Å². The summed E-state index contributed by atoms with van der Waals surface area (Å²) in [5, 5.41) is 7.74. The Morgan fingerprint density at radius 1 is 1.11 bits per heavy atom. The van der Waals surface area contributed by atoms with Gasteiger partial charge in [0, 0.05) is 30.4 Å². The van der Waals surface area contributed by atoms with Crippen molar-refractivity contribution in [2.45, 2.75) is 83.3 Å². The standard InChI is InChI=1S/C28H38N4O3S2/c1-3-18(2)26(34)30-24(19-9-5-4-6-10-19)28(35)32-15-20-11-7-13-31(20)16-22(32)27-29-21(17-37-27)25(33)23-12-8-14-36-23/h8,12,14,17-20,22,24H,3-7,9-11,13,15-16H2,1-2H3,(H,30,34)/t18-,20-,22+,24+/m1/s1. The molecule has 2 aromatic rings. The quantitative estimate of drug-likeness (QED) is 0.480. The van der Waals surface area contributed by atoms with Gasteiger partial charge in [-0.05, 0) is 56.0 Å². The molecule has 5 rings (SSSR count). The molecule has 1 aliphatic carbocycles. The number of piperazine rings is 1. The lowest BCUT2D eigenvalue weighted by molar-refractivity contribution is -0.144. The van der Waals surface area contributed by atoms with Crippen molar-refractivity contribution in [3.05, 3.63) is 38.5 Å². The van der Waals surface area contributed by atoms with Crippen LogP contribution < -0.4 is 5.32 Å². The highest BCUT2D eigenvalue weighted by Gasteiger charge is 2.44. The number of thiazole rings is 1. The van der Waals surface area contributed by atoms with E-state index in [2.05, 4.69) is 10.2 Å². The topological polar surface area (TPSA) is 82.6 Å². The molecule has 37 heavy (non-hydrogen) atoms. The van der Waals surface area contributed by atoms with Crippen LogP contribution in [0.5, 0.6) is 0 Å². The molecule has 200 valence electrons. The third kappa shape index (κ3) is 5.68. The van der Waals surface area contributed by atoms with Gasteiger partial charge in [-0.25, -0.2) is 4.98 Å². The third-order valence-electron chi connectivity index (χ3n) is 8.50. The fraction of sp³-hybridized carbons (Fsp3) is 0.643. The molecule has 0 aromatic carbocycles. The van der Waals surface area contributed by atoms with Crippen LogP contribution in [0.1, 0.15) is 91.6 Å². The van der Waals surface area contributed by atoms with Gasteiger partial charge in [-0.15, -0.1) is 22.7 Å². The Bertz CT molecular complexity index is 1090. The van der Waals surface area contributed by atoms with E-state index in [4.69, 9.17) is 4.98 Å². The van der Waals surface area contributed by atoms with Gasteiger partial charge in [-0.3, -0.25) is 19.3 Å². The second-order valence-corrected chi connectivity index (χ2v) is 12.7. The smallest absolute Gasteiger partial charge is 0.246 e. The van der Waals surface area contributed by atoms with Crippen LogP contribution in [0.25, 0.3) is 0 Å². The molecule has 2 aromatic heterocycles. The van der Waals surface area contributed by atoms with Gasteiger partial charge in [-0.2, -0.15) is 0 Å². The normalized spacial score (nSPS) is 24.4. The summed E-state index contributed by atoms with van der Waals surface area (Å²) in [6, 6.07) is 3.35. The summed E-state index contributed by atoms with van der Waals surface area (Å²) in [5.74, 6) is -0.0111. The van der Waals surface area contributed by atoms with Gasteiger partial charge < -0.3 is 10.2 Å². The molecule has 4 heterocycles. The first-order chi connectivity index (χ1) is 18.0. The first-order valence-corrected chi connectivity index (χ1v) is 15.6. The summed E-state index contributed by atoms with van der Waals surface area (Å²) in [6.07, 6.45) is 8.33. The number of aromatic nitrogens is 1. The molecule has 1 saturated carbocycles. The maximum absolute atomic E-state index is 14.3. The minimum absolute atomic E-state index is 0.0273. The van der Waals surface area contributed by atoms with Gasteiger partial charge in [0.2, 0.25) is 17.6 Å². The Balaban J connectivity index is 1.43. The van der Waals surface area contributed by atoms with Gasteiger partial charge >= 0.3 is 0 Å². The summed E-state index contributed by atoms with van der Waals surface area (Å²) >= 11 is 2.89. The van der Waals surface area contributed by atoms with Crippen LogP contribution in [0, 0.1) is 11.8 Å². The van der Waals surface area contributed by atoms with Crippen molar-refractivity contribution in [3.63, 3.8) is 0 Å². The van der Waals surface area contributed by atoms with Crippen molar-refractivity contribution < 1.29 is 14.4 Å². The molecule has 0 radical (unpaired) electrons. The number of rotatable bonds is 8. The van der Waals surface area contributed by atoms with Crippen molar-refractivity contribution in [1.29, 1.82) is 0 Å². The highest BCUT2D eigenvalue weighted by molar-refractivity contribution is 7.12. The second kappa shape index (κ2) is 11.7. The van der Waals surface area contributed by atoms with Crippen LogP contribution >= 0.6 is 22.7 Å². The van der Waals surface area contributed by atoms with Crippen LogP contribution in [0.15, 0.2) is 22.9 Å². The summed E-state index contributed by atoms with van der Waals surface area (Å²) in [5.41, 5.74) is 0.451. The third-order valence-corrected chi connectivity index (χ3v) is 10.3. The number of hydrogen-bond donors (Lipinski definition) is 1. The maximum atomic E-state index is 14.3. The Morgan fingerprint density at radius 2 is 1.92 bits per heavy atom. The Morgan fingerprint density at radius 3 is 2.65 bits per heavy atom. The van der Waals surface area contributed by atoms with Crippen LogP contribution in [-0.2, 0) is 9.59 Å². The molecule has 0 unspecified atom stereocenters. The number of amides is 2. The van der Waals surface area contributed by atoms with Gasteiger partial charge in [0.05, 0.1) is 10.9 Å². The zero-order valence-electron chi connectivity index (χ0n) is 21.9. The maximum Gasteiger partial charge on any atom is 0.246 e. The molecule has 2 amide bonds. The van der Waals surface area contributed by atoms with Crippen LogP contribution in [0.3, 0.4) is 0 Å². The fourth-order valence-corrected chi connectivity index (χ4v) is 7.63. The van der Waals surface area contributed by atoms with E-state index in [0.717, 1.165) is 63.0 Å². The Hall–Kier alpha value is -2.10. The van der Waals surface area contributed by atoms with Crippen molar-refractivity contribution in [2.24, 2.45) is 11.8 Å². The van der Waals surface area contributed by atoms with E-state index in [1.54, 1.807) is 0 Å².